The van der Waals surface area contributed by atoms with E-state index in [-0.39, 0.29) is 16.5 Å². The highest BCUT2D eigenvalue weighted by atomic mass is 32.2. The molecule has 7 heteroatoms. The normalized spacial score (nSPS) is 13.4. The summed E-state index contributed by atoms with van der Waals surface area (Å²) in [5, 5.41) is 9.15. The van der Waals surface area contributed by atoms with Gasteiger partial charge in [0, 0.05) is 24.8 Å². The number of hydrogen-bond acceptors (Lipinski definition) is 5. The standard InChI is InChI=1S/C14H22N4O2S/c1-5-18(11(2)10-17(3)4)21(19,20)14-7-6-13(16)8-12(14)9-15/h6-8,11H,5,10,16H2,1-4H3. The molecule has 1 aromatic rings. The first kappa shape index (κ1) is 17.4. The lowest BCUT2D eigenvalue weighted by Gasteiger charge is -2.29. The average Bonchev–Trinajstić information content (AvgIpc) is 2.37. The molecule has 1 rings (SSSR count). The third-order valence-corrected chi connectivity index (χ3v) is 5.29. The minimum atomic E-state index is -3.73. The molecule has 21 heavy (non-hydrogen) atoms. The molecule has 1 aromatic carbocycles. The van der Waals surface area contributed by atoms with Crippen LogP contribution in [0.3, 0.4) is 0 Å². The van der Waals surface area contributed by atoms with Crippen molar-refractivity contribution in [2.45, 2.75) is 24.8 Å². The number of sulfonamides is 1. The first-order chi connectivity index (χ1) is 9.73. The number of nitrogen functional groups attached to an aromatic ring is 1. The van der Waals surface area contributed by atoms with Crippen LogP contribution >= 0.6 is 0 Å². The summed E-state index contributed by atoms with van der Waals surface area (Å²) in [5.74, 6) is 0. The molecule has 0 aliphatic carbocycles. The Bertz CT molecular complexity index is 635. The van der Waals surface area contributed by atoms with Crippen molar-refractivity contribution >= 4 is 15.7 Å². The van der Waals surface area contributed by atoms with E-state index >= 15 is 0 Å². The van der Waals surface area contributed by atoms with Crippen LogP contribution < -0.4 is 5.73 Å². The van der Waals surface area contributed by atoms with E-state index in [2.05, 4.69) is 0 Å². The zero-order valence-electron chi connectivity index (χ0n) is 12.9. The monoisotopic (exact) mass is 310 g/mol. The summed E-state index contributed by atoms with van der Waals surface area (Å²) in [6.45, 7) is 4.58. The number of hydrogen-bond donors (Lipinski definition) is 1. The topological polar surface area (TPSA) is 90.4 Å². The molecule has 1 unspecified atom stereocenters. The summed E-state index contributed by atoms with van der Waals surface area (Å²) < 4.78 is 27.0. The van der Waals surface area contributed by atoms with E-state index in [1.165, 1.54) is 22.5 Å². The molecule has 0 saturated carbocycles. The zero-order valence-corrected chi connectivity index (χ0v) is 13.7. The van der Waals surface area contributed by atoms with Crippen molar-refractivity contribution in [3.8, 4) is 6.07 Å². The quantitative estimate of drug-likeness (QED) is 0.795. The van der Waals surface area contributed by atoms with Crippen LogP contribution in [0.5, 0.6) is 0 Å². The van der Waals surface area contributed by atoms with E-state index in [0.717, 1.165) is 0 Å². The van der Waals surface area contributed by atoms with Gasteiger partial charge < -0.3 is 10.6 Å². The molecule has 116 valence electrons. The van der Waals surface area contributed by atoms with Crippen LogP contribution in [-0.4, -0.2) is 50.8 Å². The molecule has 2 N–H and O–H groups in total. The number of nitrogens with zero attached hydrogens (tertiary/aromatic N) is 3. The molecular weight excluding hydrogens is 288 g/mol. The fourth-order valence-corrected chi connectivity index (χ4v) is 4.08. The Labute approximate surface area is 126 Å². The van der Waals surface area contributed by atoms with Crippen molar-refractivity contribution in [3.63, 3.8) is 0 Å². The minimum absolute atomic E-state index is 0.00616. The number of likely N-dealkylation sites (N-methyl/N-ethyl adjacent to an activating group) is 2. The molecule has 0 aliphatic heterocycles. The van der Waals surface area contributed by atoms with E-state index in [9.17, 15) is 8.42 Å². The average molecular weight is 310 g/mol. The van der Waals surface area contributed by atoms with Gasteiger partial charge in [-0.15, -0.1) is 0 Å². The fraction of sp³-hybridized carbons (Fsp3) is 0.500. The molecule has 0 spiro atoms. The largest absolute Gasteiger partial charge is 0.399 e. The second kappa shape index (κ2) is 6.89. The number of anilines is 1. The van der Waals surface area contributed by atoms with Crippen LogP contribution in [0.2, 0.25) is 0 Å². The highest BCUT2D eigenvalue weighted by Gasteiger charge is 2.30. The van der Waals surface area contributed by atoms with Gasteiger partial charge in [0.1, 0.15) is 11.0 Å². The van der Waals surface area contributed by atoms with Crippen molar-refractivity contribution in [1.82, 2.24) is 9.21 Å². The van der Waals surface area contributed by atoms with Crippen LogP contribution in [-0.2, 0) is 10.0 Å². The molecule has 0 aromatic heterocycles. The second-order valence-electron chi connectivity index (χ2n) is 5.19. The van der Waals surface area contributed by atoms with Gasteiger partial charge >= 0.3 is 0 Å². The van der Waals surface area contributed by atoms with Gasteiger partial charge in [-0.2, -0.15) is 9.57 Å². The van der Waals surface area contributed by atoms with Gasteiger partial charge in [0.05, 0.1) is 5.56 Å². The predicted octanol–water partition coefficient (Wildman–Crippen LogP) is 1.10. The summed E-state index contributed by atoms with van der Waals surface area (Å²) in [5.41, 5.74) is 6.06. The molecule has 0 radical (unpaired) electrons. The molecule has 0 saturated heterocycles. The van der Waals surface area contributed by atoms with Crippen LogP contribution in [0.4, 0.5) is 5.69 Å². The Hall–Kier alpha value is -1.62. The first-order valence-electron chi connectivity index (χ1n) is 6.70. The van der Waals surface area contributed by atoms with Gasteiger partial charge in [-0.3, -0.25) is 0 Å². The molecule has 0 amide bonds. The summed E-state index contributed by atoms with van der Waals surface area (Å²) in [6.07, 6.45) is 0. The first-order valence-corrected chi connectivity index (χ1v) is 8.14. The Balaban J connectivity index is 3.29. The molecule has 0 fully saturated rings. The van der Waals surface area contributed by atoms with Gasteiger partial charge in [-0.25, -0.2) is 8.42 Å². The smallest absolute Gasteiger partial charge is 0.244 e. The second-order valence-corrected chi connectivity index (χ2v) is 7.05. The summed E-state index contributed by atoms with van der Waals surface area (Å²) in [6, 6.07) is 5.99. The maximum atomic E-state index is 12.8. The molecule has 0 aliphatic rings. The lowest BCUT2D eigenvalue weighted by molar-refractivity contribution is 0.271. The van der Waals surface area contributed by atoms with Crippen LogP contribution in [0.25, 0.3) is 0 Å². The fourth-order valence-electron chi connectivity index (χ4n) is 2.32. The van der Waals surface area contributed by atoms with E-state index in [0.29, 0.717) is 18.8 Å². The highest BCUT2D eigenvalue weighted by Crippen LogP contribution is 2.23. The number of nitrogens with two attached hydrogens (primary N) is 1. The van der Waals surface area contributed by atoms with Crippen molar-refractivity contribution in [3.05, 3.63) is 23.8 Å². The van der Waals surface area contributed by atoms with Crippen LogP contribution in [0.1, 0.15) is 19.4 Å². The van der Waals surface area contributed by atoms with Crippen LogP contribution in [0.15, 0.2) is 23.1 Å². The third-order valence-electron chi connectivity index (χ3n) is 3.14. The zero-order chi connectivity index (χ0) is 16.2. The van der Waals surface area contributed by atoms with Crippen molar-refractivity contribution in [1.29, 1.82) is 5.26 Å². The van der Waals surface area contributed by atoms with Gasteiger partial charge in [0.2, 0.25) is 10.0 Å². The SMILES string of the molecule is CCN(C(C)CN(C)C)S(=O)(=O)c1ccc(N)cc1C#N. The third kappa shape index (κ3) is 3.94. The van der Waals surface area contributed by atoms with Crippen LogP contribution in [0, 0.1) is 11.3 Å². The Morgan fingerprint density at radius 1 is 1.38 bits per heavy atom. The molecule has 1 atom stereocenters. The predicted molar refractivity (Wildman–Crippen MR) is 83.2 cm³/mol. The molecular formula is C14H22N4O2S. The maximum absolute atomic E-state index is 12.8. The van der Waals surface area contributed by atoms with E-state index in [4.69, 9.17) is 11.0 Å². The van der Waals surface area contributed by atoms with Crippen molar-refractivity contribution in [2.75, 3.05) is 32.9 Å². The summed E-state index contributed by atoms with van der Waals surface area (Å²) >= 11 is 0. The lowest BCUT2D eigenvalue weighted by atomic mass is 10.2. The van der Waals surface area contributed by atoms with E-state index < -0.39 is 10.0 Å². The molecule has 0 bridgehead atoms. The van der Waals surface area contributed by atoms with Gasteiger partial charge in [0.25, 0.3) is 0 Å². The Kier molecular flexibility index (Phi) is 5.72. The van der Waals surface area contributed by atoms with Gasteiger partial charge in [-0.05, 0) is 39.2 Å². The number of rotatable bonds is 6. The van der Waals surface area contributed by atoms with E-state index in [1.807, 2.05) is 32.0 Å². The van der Waals surface area contributed by atoms with Gasteiger partial charge in [0.15, 0.2) is 0 Å². The molecule has 0 heterocycles. The minimum Gasteiger partial charge on any atom is -0.399 e. The highest BCUT2D eigenvalue weighted by molar-refractivity contribution is 7.89. The lowest BCUT2D eigenvalue weighted by Crippen LogP contribution is -2.43. The van der Waals surface area contributed by atoms with Crippen molar-refractivity contribution < 1.29 is 8.42 Å². The maximum Gasteiger partial charge on any atom is 0.244 e. The molecule has 6 nitrogen and oxygen atoms in total. The summed E-state index contributed by atoms with van der Waals surface area (Å²) in [4.78, 5) is 1.93. The van der Waals surface area contributed by atoms with Gasteiger partial charge in [-0.1, -0.05) is 6.92 Å². The number of benzene rings is 1. The van der Waals surface area contributed by atoms with Crippen molar-refractivity contribution in [2.24, 2.45) is 0 Å². The Morgan fingerprint density at radius 3 is 2.48 bits per heavy atom. The number of nitriles is 1. The Morgan fingerprint density at radius 2 is 2.00 bits per heavy atom. The van der Waals surface area contributed by atoms with E-state index in [1.54, 1.807) is 6.92 Å². The summed E-state index contributed by atoms with van der Waals surface area (Å²) in [7, 11) is 0.0526.